The van der Waals surface area contributed by atoms with Gasteiger partial charge in [0.1, 0.15) is 0 Å². The molecule has 0 saturated heterocycles. The number of nitrogens with one attached hydrogen (secondary N) is 5. The zero-order valence-corrected chi connectivity index (χ0v) is 42.8. The first-order chi connectivity index (χ1) is 27.3. The fourth-order valence-electron chi connectivity index (χ4n) is 4.67. The summed E-state index contributed by atoms with van der Waals surface area (Å²) in [5.74, 6) is -2.96. The van der Waals surface area contributed by atoms with Gasteiger partial charge in [-0.15, -0.1) is 0 Å². The van der Waals surface area contributed by atoms with Gasteiger partial charge in [0, 0.05) is 39.9 Å². The lowest BCUT2D eigenvalue weighted by Crippen LogP contribution is -2.40. The Bertz CT molecular complexity index is 1710. The number of carbonyl (C=O) groups excluding carboxylic acids is 5. The van der Waals surface area contributed by atoms with Gasteiger partial charge in [-0.3, -0.25) is 24.0 Å². The lowest BCUT2D eigenvalue weighted by Gasteiger charge is -2.27. The normalized spacial score (nSPS) is 13.8. The van der Waals surface area contributed by atoms with E-state index >= 15 is 0 Å². The molecule has 0 radical (unpaired) electrons. The SMILES string of the molecule is O=CN(CC(O)CNc1c(I)c(C(=O)NCC(O)CO)c(I)c(C(=O)NCC(O)CO)c1I)c1c(I)c(C(=O)NCC(O)CO)c(I)c(C(=O)NCC(O)CO)c1I. The van der Waals surface area contributed by atoms with Crippen LogP contribution in [0.2, 0.25) is 0 Å². The minimum absolute atomic E-state index is 0.00347. The summed E-state index contributed by atoms with van der Waals surface area (Å²) in [7, 11) is 0. The van der Waals surface area contributed by atoms with Gasteiger partial charge in [-0.2, -0.15) is 0 Å². The number of amides is 5. The standard InChI is InChI=1S/C32H40I6N6O14/c33-21-17(29(55)40-2-13(51)7-45)23(35)27(24(36)18(21)30(56)41-3-14(52)8-46)39-1-12(50)6-44(11-49)28-25(37)19(31(57)42-4-15(53)9-47)22(34)20(26(28)38)32(58)43-5-16(54)10-48/h11-16,39,45-48,50-54H,1-10H2,(H,40,55)(H,41,56)(H,42,57)(H,43,58). The zero-order valence-electron chi connectivity index (χ0n) is 29.8. The van der Waals surface area contributed by atoms with Crippen LogP contribution in [0.15, 0.2) is 0 Å². The second-order valence-corrected chi connectivity index (χ2v) is 18.6. The predicted octanol–water partition coefficient (Wildman–Crippen LogP) is -1.92. The Hall–Kier alpha value is -0.390. The van der Waals surface area contributed by atoms with Gasteiger partial charge >= 0.3 is 0 Å². The summed E-state index contributed by atoms with van der Waals surface area (Å²) < 4.78 is 1.25. The van der Waals surface area contributed by atoms with Crippen molar-refractivity contribution in [2.24, 2.45) is 0 Å². The average molecular weight is 1490 g/mol. The third-order valence-corrected chi connectivity index (χ3v) is 14.1. The molecule has 2 aromatic rings. The van der Waals surface area contributed by atoms with Crippen molar-refractivity contribution in [2.75, 3.05) is 75.9 Å². The molecule has 0 aliphatic heterocycles. The van der Waals surface area contributed by atoms with Crippen LogP contribution in [0, 0.1) is 21.4 Å². The van der Waals surface area contributed by atoms with Crippen LogP contribution in [0.3, 0.4) is 0 Å². The number of rotatable bonds is 23. The molecule has 2 rings (SSSR count). The van der Waals surface area contributed by atoms with E-state index in [0.29, 0.717) is 13.6 Å². The number of hydrogen-bond donors (Lipinski definition) is 14. The van der Waals surface area contributed by atoms with Gasteiger partial charge in [-0.25, -0.2) is 0 Å². The van der Waals surface area contributed by atoms with Crippen molar-refractivity contribution in [2.45, 2.75) is 30.5 Å². The molecule has 0 aromatic heterocycles. The molecule has 58 heavy (non-hydrogen) atoms. The van der Waals surface area contributed by atoms with Gasteiger partial charge < -0.3 is 77.4 Å². The van der Waals surface area contributed by atoms with Crippen molar-refractivity contribution in [3.8, 4) is 0 Å². The molecule has 0 saturated carbocycles. The van der Waals surface area contributed by atoms with Crippen LogP contribution in [0.4, 0.5) is 11.4 Å². The summed E-state index contributed by atoms with van der Waals surface area (Å²) >= 11 is 10.9. The fraction of sp³-hybridized carbons (Fsp3) is 0.469. The summed E-state index contributed by atoms with van der Waals surface area (Å²) in [5, 5.41) is 101. The second kappa shape index (κ2) is 26.3. The van der Waals surface area contributed by atoms with Crippen molar-refractivity contribution in [3.63, 3.8) is 0 Å². The summed E-state index contributed by atoms with van der Waals surface area (Å²) in [6, 6.07) is 0. The number of halogens is 6. The molecule has 0 heterocycles. The summed E-state index contributed by atoms with van der Waals surface area (Å²) in [5.41, 5.74) is 0.110. The highest BCUT2D eigenvalue weighted by atomic mass is 127. The van der Waals surface area contributed by atoms with Crippen molar-refractivity contribution in [1.29, 1.82) is 0 Å². The van der Waals surface area contributed by atoms with E-state index in [9.17, 15) is 69.9 Å². The van der Waals surface area contributed by atoms with E-state index < -0.39 is 87.1 Å². The second-order valence-electron chi connectivity index (χ2n) is 12.1. The Morgan fingerprint density at radius 1 is 0.483 bits per heavy atom. The first kappa shape index (κ1) is 53.7. The Labute approximate surface area is 413 Å². The van der Waals surface area contributed by atoms with E-state index in [-0.39, 0.29) is 80.6 Å². The average Bonchev–Trinajstić information content (AvgIpc) is 3.19. The lowest BCUT2D eigenvalue weighted by atomic mass is 10.1. The van der Waals surface area contributed by atoms with Gasteiger partial charge in [0.05, 0.1) is 111 Å². The Kier molecular flexibility index (Phi) is 24.4. The minimum atomic E-state index is -1.40. The number of benzene rings is 2. The molecule has 0 fully saturated rings. The maximum Gasteiger partial charge on any atom is 0.253 e. The van der Waals surface area contributed by atoms with E-state index in [1.165, 1.54) is 0 Å². The molecule has 2 aromatic carbocycles. The predicted molar refractivity (Wildman–Crippen MR) is 259 cm³/mol. The fourth-order valence-corrected chi connectivity index (χ4v) is 14.0. The molecule has 324 valence electrons. The summed E-state index contributed by atoms with van der Waals surface area (Å²) in [4.78, 5) is 67.5. The molecule has 0 spiro atoms. The van der Waals surface area contributed by atoms with Crippen LogP contribution >= 0.6 is 136 Å². The smallest absolute Gasteiger partial charge is 0.253 e. The van der Waals surface area contributed by atoms with Crippen LogP contribution in [0.25, 0.3) is 0 Å². The van der Waals surface area contributed by atoms with Gasteiger partial charge in [0.15, 0.2) is 0 Å². The van der Waals surface area contributed by atoms with E-state index in [0.717, 1.165) is 4.90 Å². The number of carbonyl (C=O) groups is 5. The zero-order chi connectivity index (χ0) is 44.0. The van der Waals surface area contributed by atoms with Crippen LogP contribution < -0.4 is 31.5 Å². The molecule has 5 atom stereocenters. The molecular formula is C32H40I6N6O14. The van der Waals surface area contributed by atoms with E-state index in [1.54, 1.807) is 90.4 Å². The van der Waals surface area contributed by atoms with E-state index in [2.05, 4.69) is 26.6 Å². The van der Waals surface area contributed by atoms with Gasteiger partial charge in [-0.1, -0.05) is 0 Å². The number of aliphatic hydroxyl groups is 9. The highest BCUT2D eigenvalue weighted by Gasteiger charge is 2.32. The Morgan fingerprint density at radius 3 is 1.05 bits per heavy atom. The number of hydrogen-bond acceptors (Lipinski definition) is 15. The third kappa shape index (κ3) is 14.6. The lowest BCUT2D eigenvalue weighted by molar-refractivity contribution is -0.107. The van der Waals surface area contributed by atoms with E-state index in [4.69, 9.17) is 0 Å². The van der Waals surface area contributed by atoms with Crippen LogP contribution in [0.5, 0.6) is 0 Å². The molecule has 0 aliphatic carbocycles. The Morgan fingerprint density at radius 2 is 0.776 bits per heavy atom. The molecular weight excluding hydrogens is 1450 g/mol. The molecule has 5 unspecified atom stereocenters. The first-order valence-electron chi connectivity index (χ1n) is 16.6. The maximum absolute atomic E-state index is 13.5. The largest absolute Gasteiger partial charge is 0.394 e. The first-order valence-corrected chi connectivity index (χ1v) is 23.1. The molecule has 20 nitrogen and oxygen atoms in total. The summed E-state index contributed by atoms with van der Waals surface area (Å²) in [6.07, 6.45) is -6.17. The topological polar surface area (TPSA) is 331 Å². The monoisotopic (exact) mass is 1490 g/mol. The number of nitrogens with zero attached hydrogens (tertiary/aromatic N) is 1. The Balaban J connectivity index is 2.63. The maximum atomic E-state index is 13.5. The molecule has 5 amide bonds. The summed E-state index contributed by atoms with van der Waals surface area (Å²) in [6.45, 7) is -4.64. The van der Waals surface area contributed by atoms with Crippen LogP contribution in [-0.2, 0) is 4.79 Å². The quantitative estimate of drug-likeness (QED) is 0.0426. The number of aliphatic hydroxyl groups excluding tert-OH is 9. The van der Waals surface area contributed by atoms with Crippen LogP contribution in [0.1, 0.15) is 41.4 Å². The van der Waals surface area contributed by atoms with Gasteiger partial charge in [0.2, 0.25) is 6.41 Å². The van der Waals surface area contributed by atoms with Crippen LogP contribution in [-0.4, -0.2) is 172 Å². The number of anilines is 2. The minimum Gasteiger partial charge on any atom is -0.394 e. The van der Waals surface area contributed by atoms with Crippen molar-refractivity contribution in [1.82, 2.24) is 21.3 Å². The van der Waals surface area contributed by atoms with Crippen molar-refractivity contribution >= 4 is 177 Å². The molecule has 14 N–H and O–H groups in total. The highest BCUT2D eigenvalue weighted by molar-refractivity contribution is 14.1. The van der Waals surface area contributed by atoms with Crippen molar-refractivity contribution in [3.05, 3.63) is 43.7 Å². The highest BCUT2D eigenvalue weighted by Crippen LogP contribution is 2.39. The molecule has 26 heteroatoms. The molecule has 0 bridgehead atoms. The van der Waals surface area contributed by atoms with Gasteiger partial charge in [0.25, 0.3) is 23.6 Å². The molecule has 0 aliphatic rings. The van der Waals surface area contributed by atoms with Crippen molar-refractivity contribution < 1.29 is 69.9 Å². The third-order valence-electron chi connectivity index (χ3n) is 7.69. The van der Waals surface area contributed by atoms with E-state index in [1.807, 2.05) is 45.2 Å². The van der Waals surface area contributed by atoms with Gasteiger partial charge in [-0.05, 0) is 136 Å².